The summed E-state index contributed by atoms with van der Waals surface area (Å²) in [5.74, 6) is 0.608. The van der Waals surface area contributed by atoms with Crippen molar-refractivity contribution in [3.05, 3.63) is 48.2 Å². The third-order valence-corrected chi connectivity index (χ3v) is 3.97. The number of nitrogen functional groups attached to an aromatic ring is 2. The Hall–Kier alpha value is -3.08. The average Bonchev–Trinajstić information content (AvgIpc) is 2.96. The summed E-state index contributed by atoms with van der Waals surface area (Å²) in [7, 11) is 0. The molecule has 5 N–H and O–H groups in total. The first kappa shape index (κ1) is 12.6. The molecule has 4 aromatic rings. The lowest BCUT2D eigenvalue weighted by Gasteiger charge is -2.11. The topological polar surface area (TPSA) is 93.6 Å². The molecule has 0 atom stereocenters. The fraction of sp³-hybridized carbons (Fsp3) is 0.0588. The van der Waals surface area contributed by atoms with Crippen molar-refractivity contribution in [3.8, 4) is 11.1 Å². The number of nitrogens with two attached hydrogens (primary N) is 2. The summed E-state index contributed by atoms with van der Waals surface area (Å²) >= 11 is 0. The Morgan fingerprint density at radius 2 is 1.82 bits per heavy atom. The van der Waals surface area contributed by atoms with Gasteiger partial charge in [-0.25, -0.2) is 4.98 Å². The molecule has 0 spiro atoms. The number of aromatic amines is 1. The van der Waals surface area contributed by atoms with Crippen molar-refractivity contribution in [2.75, 3.05) is 11.5 Å². The lowest BCUT2D eigenvalue weighted by atomic mass is 9.96. The highest BCUT2D eigenvalue weighted by Crippen LogP contribution is 2.33. The molecule has 0 aliphatic carbocycles. The van der Waals surface area contributed by atoms with Crippen LogP contribution in [0, 0.1) is 6.92 Å². The summed E-state index contributed by atoms with van der Waals surface area (Å²) in [6.07, 6.45) is 1.95. The van der Waals surface area contributed by atoms with E-state index in [1.807, 2.05) is 24.4 Å². The number of fused-ring (bicyclic) bond motifs is 2. The van der Waals surface area contributed by atoms with Crippen molar-refractivity contribution >= 4 is 33.6 Å². The van der Waals surface area contributed by atoms with Crippen molar-refractivity contribution in [1.82, 2.24) is 15.0 Å². The van der Waals surface area contributed by atoms with Crippen LogP contribution in [0.4, 0.5) is 11.8 Å². The van der Waals surface area contributed by atoms with Crippen molar-refractivity contribution in [3.63, 3.8) is 0 Å². The molecule has 0 amide bonds. The van der Waals surface area contributed by atoms with Crippen LogP contribution in [-0.2, 0) is 0 Å². The SMILES string of the molecule is Cc1cc2c(N)nc(N)nc2cc1-c1cccc2[nH]ccc12. The molecular weight excluding hydrogens is 274 g/mol. The molecule has 2 aromatic carbocycles. The Labute approximate surface area is 127 Å². The number of benzene rings is 2. The molecule has 0 unspecified atom stereocenters. The molecule has 0 radical (unpaired) electrons. The van der Waals surface area contributed by atoms with Crippen molar-refractivity contribution in [1.29, 1.82) is 0 Å². The van der Waals surface area contributed by atoms with Gasteiger partial charge >= 0.3 is 0 Å². The number of H-pyrrole nitrogens is 1. The Morgan fingerprint density at radius 3 is 2.68 bits per heavy atom. The maximum absolute atomic E-state index is 5.95. The molecule has 0 saturated carbocycles. The van der Waals surface area contributed by atoms with Gasteiger partial charge < -0.3 is 16.5 Å². The van der Waals surface area contributed by atoms with Crippen LogP contribution < -0.4 is 11.5 Å². The minimum atomic E-state index is 0.194. The zero-order valence-electron chi connectivity index (χ0n) is 12.1. The van der Waals surface area contributed by atoms with Gasteiger partial charge in [0.05, 0.1) is 5.52 Å². The van der Waals surface area contributed by atoms with Crippen molar-refractivity contribution in [2.45, 2.75) is 6.92 Å². The number of aryl methyl sites for hydroxylation is 1. The van der Waals surface area contributed by atoms with Crippen LogP contribution in [0.15, 0.2) is 42.6 Å². The van der Waals surface area contributed by atoms with Gasteiger partial charge in [0, 0.05) is 22.5 Å². The summed E-state index contributed by atoms with van der Waals surface area (Å²) in [4.78, 5) is 11.6. The molecule has 5 nitrogen and oxygen atoms in total. The fourth-order valence-corrected chi connectivity index (χ4v) is 2.94. The molecule has 4 rings (SSSR count). The normalized spacial score (nSPS) is 11.3. The van der Waals surface area contributed by atoms with Crippen molar-refractivity contribution in [2.24, 2.45) is 0 Å². The Kier molecular flexibility index (Phi) is 2.56. The molecule has 0 aliphatic heterocycles. The number of nitrogens with one attached hydrogen (secondary N) is 1. The first-order chi connectivity index (χ1) is 10.6. The van der Waals surface area contributed by atoms with E-state index in [4.69, 9.17) is 11.5 Å². The lowest BCUT2D eigenvalue weighted by Crippen LogP contribution is -2.01. The summed E-state index contributed by atoms with van der Waals surface area (Å²) in [6, 6.07) is 12.3. The van der Waals surface area contributed by atoms with E-state index < -0.39 is 0 Å². The highest BCUT2D eigenvalue weighted by Gasteiger charge is 2.11. The smallest absolute Gasteiger partial charge is 0.222 e. The van der Waals surface area contributed by atoms with E-state index >= 15 is 0 Å². The number of rotatable bonds is 1. The van der Waals surface area contributed by atoms with Gasteiger partial charge in [-0.3, -0.25) is 0 Å². The fourth-order valence-electron chi connectivity index (χ4n) is 2.94. The maximum Gasteiger partial charge on any atom is 0.222 e. The van der Waals surface area contributed by atoms with Gasteiger partial charge in [0.2, 0.25) is 5.95 Å². The predicted octanol–water partition coefficient (Wildman–Crippen LogP) is 3.25. The Morgan fingerprint density at radius 1 is 0.955 bits per heavy atom. The Bertz CT molecular complexity index is 1020. The molecule has 0 bridgehead atoms. The molecule has 0 aliphatic rings. The van der Waals surface area contributed by atoms with E-state index in [0.29, 0.717) is 5.82 Å². The van der Waals surface area contributed by atoms with Crippen LogP contribution in [0.25, 0.3) is 32.9 Å². The third kappa shape index (κ3) is 1.79. The maximum atomic E-state index is 5.95. The largest absolute Gasteiger partial charge is 0.383 e. The molecular formula is C17H15N5. The molecule has 5 heteroatoms. The van der Waals surface area contributed by atoms with E-state index in [1.54, 1.807) is 0 Å². The Balaban J connectivity index is 2.07. The quantitative estimate of drug-likeness (QED) is 0.501. The van der Waals surface area contributed by atoms with E-state index in [9.17, 15) is 0 Å². The second kappa shape index (κ2) is 4.46. The summed E-state index contributed by atoms with van der Waals surface area (Å²) in [5, 5.41) is 2.01. The van der Waals surface area contributed by atoms with Crippen LogP contribution in [-0.4, -0.2) is 15.0 Å². The van der Waals surface area contributed by atoms with Gasteiger partial charge in [0.15, 0.2) is 0 Å². The van der Waals surface area contributed by atoms with E-state index in [2.05, 4.69) is 40.1 Å². The first-order valence-corrected chi connectivity index (χ1v) is 7.03. The molecule has 2 aromatic heterocycles. The number of hydrogen-bond acceptors (Lipinski definition) is 4. The minimum absolute atomic E-state index is 0.194. The highest BCUT2D eigenvalue weighted by molar-refractivity contribution is 6.00. The first-order valence-electron chi connectivity index (χ1n) is 7.03. The number of nitrogens with zero attached hydrogens (tertiary/aromatic N) is 2. The van der Waals surface area contributed by atoms with Gasteiger partial charge in [-0.2, -0.15) is 4.98 Å². The van der Waals surface area contributed by atoms with E-state index in [1.165, 1.54) is 5.39 Å². The van der Waals surface area contributed by atoms with E-state index in [0.717, 1.165) is 33.1 Å². The second-order valence-electron chi connectivity index (χ2n) is 5.40. The summed E-state index contributed by atoms with van der Waals surface area (Å²) in [5.41, 5.74) is 17.0. The van der Waals surface area contributed by atoms with Crippen molar-refractivity contribution < 1.29 is 0 Å². The van der Waals surface area contributed by atoms with Gasteiger partial charge in [0.1, 0.15) is 5.82 Å². The van der Waals surface area contributed by atoms with E-state index in [-0.39, 0.29) is 5.95 Å². The predicted molar refractivity (Wildman–Crippen MR) is 90.4 cm³/mol. The highest BCUT2D eigenvalue weighted by atomic mass is 15.0. The second-order valence-corrected chi connectivity index (χ2v) is 5.40. The molecule has 0 fully saturated rings. The van der Waals surface area contributed by atoms with Gasteiger partial charge in [-0.05, 0) is 47.9 Å². The molecule has 2 heterocycles. The zero-order valence-corrected chi connectivity index (χ0v) is 12.1. The monoisotopic (exact) mass is 289 g/mol. The summed E-state index contributed by atoms with van der Waals surface area (Å²) in [6.45, 7) is 2.07. The zero-order chi connectivity index (χ0) is 15.3. The van der Waals surface area contributed by atoms with Gasteiger partial charge in [0.25, 0.3) is 0 Å². The van der Waals surface area contributed by atoms with Crippen LogP contribution in [0.1, 0.15) is 5.56 Å². The third-order valence-electron chi connectivity index (χ3n) is 3.97. The molecule has 0 saturated heterocycles. The number of anilines is 2. The van der Waals surface area contributed by atoms with Crippen LogP contribution in [0.2, 0.25) is 0 Å². The van der Waals surface area contributed by atoms with Gasteiger partial charge in [-0.15, -0.1) is 0 Å². The standard InChI is InChI=1S/C17H15N5/c1-9-7-13-15(21-17(19)22-16(13)18)8-12(9)10-3-2-4-14-11(10)5-6-20-14/h2-8,20H,1H3,(H4,18,19,21,22). The van der Waals surface area contributed by atoms with Crippen LogP contribution >= 0.6 is 0 Å². The van der Waals surface area contributed by atoms with Crippen LogP contribution in [0.3, 0.4) is 0 Å². The van der Waals surface area contributed by atoms with Gasteiger partial charge in [-0.1, -0.05) is 12.1 Å². The number of aromatic nitrogens is 3. The van der Waals surface area contributed by atoms with Crippen LogP contribution in [0.5, 0.6) is 0 Å². The molecule has 22 heavy (non-hydrogen) atoms. The summed E-state index contributed by atoms with van der Waals surface area (Å²) < 4.78 is 0. The minimum Gasteiger partial charge on any atom is -0.383 e. The lowest BCUT2D eigenvalue weighted by molar-refractivity contribution is 1.24. The molecule has 108 valence electrons. The average molecular weight is 289 g/mol. The number of hydrogen-bond donors (Lipinski definition) is 3.